The van der Waals surface area contributed by atoms with Gasteiger partial charge in [-0.1, -0.05) is 24.3 Å². The summed E-state index contributed by atoms with van der Waals surface area (Å²) < 4.78 is 1.78. The number of nitrogen functional groups attached to an aromatic ring is 1. The van der Waals surface area contributed by atoms with Crippen molar-refractivity contribution in [2.75, 3.05) is 0 Å². The Labute approximate surface area is 149 Å². The van der Waals surface area contributed by atoms with Crippen LogP contribution in [-0.4, -0.2) is 36.7 Å². The molecule has 0 amide bonds. The highest BCUT2D eigenvalue weighted by atomic mass is 16.4. The van der Waals surface area contributed by atoms with Crippen LogP contribution in [0, 0.1) is 12.3 Å². The number of amidine groups is 1. The van der Waals surface area contributed by atoms with Gasteiger partial charge in [0.15, 0.2) is 5.82 Å². The van der Waals surface area contributed by atoms with Gasteiger partial charge in [0.1, 0.15) is 11.7 Å². The molecule has 0 bridgehead atoms. The van der Waals surface area contributed by atoms with Gasteiger partial charge < -0.3 is 10.8 Å². The van der Waals surface area contributed by atoms with Crippen molar-refractivity contribution in [2.45, 2.75) is 19.8 Å². The Kier molecular flexibility index (Phi) is 4.74. The van der Waals surface area contributed by atoms with E-state index in [1.807, 2.05) is 31.2 Å². The molecule has 132 valence electrons. The van der Waals surface area contributed by atoms with Gasteiger partial charge in [0.05, 0.1) is 17.8 Å². The SMILES string of the molecule is Cc1nc(CCC(=O)O)cn1-c1ccc(-c2ccc(C(=N)N)cc2)nn1. The molecule has 0 unspecified atom stereocenters. The summed E-state index contributed by atoms with van der Waals surface area (Å²) in [5, 5.41) is 24.7. The van der Waals surface area contributed by atoms with Crippen LogP contribution in [0.15, 0.2) is 42.6 Å². The number of hydrogen-bond donors (Lipinski definition) is 3. The molecule has 0 fully saturated rings. The minimum absolute atomic E-state index is 0.0206. The van der Waals surface area contributed by atoms with Crippen LogP contribution in [-0.2, 0) is 11.2 Å². The molecule has 0 aliphatic rings. The molecule has 1 aromatic carbocycles. The maximum atomic E-state index is 10.7. The zero-order valence-corrected chi connectivity index (χ0v) is 14.2. The third-order valence-corrected chi connectivity index (χ3v) is 3.92. The molecule has 2 aromatic heterocycles. The molecule has 0 saturated heterocycles. The molecular formula is C18H18N6O2. The number of hydrogen-bond acceptors (Lipinski definition) is 5. The first kappa shape index (κ1) is 17.3. The van der Waals surface area contributed by atoms with Crippen molar-refractivity contribution in [3.8, 4) is 17.1 Å². The van der Waals surface area contributed by atoms with Crippen LogP contribution in [0.3, 0.4) is 0 Å². The van der Waals surface area contributed by atoms with Crippen LogP contribution in [0.4, 0.5) is 0 Å². The molecule has 2 heterocycles. The van der Waals surface area contributed by atoms with Crippen LogP contribution in [0.2, 0.25) is 0 Å². The van der Waals surface area contributed by atoms with Crippen LogP contribution in [0.5, 0.6) is 0 Å². The molecule has 3 aromatic rings. The van der Waals surface area contributed by atoms with Gasteiger partial charge in [-0.05, 0) is 19.1 Å². The van der Waals surface area contributed by atoms with Gasteiger partial charge >= 0.3 is 5.97 Å². The van der Waals surface area contributed by atoms with Gasteiger partial charge in [0.25, 0.3) is 0 Å². The Bertz CT molecular complexity index is 945. The van der Waals surface area contributed by atoms with Gasteiger partial charge in [-0.25, -0.2) is 4.98 Å². The number of rotatable bonds is 6. The highest BCUT2D eigenvalue weighted by Gasteiger charge is 2.10. The smallest absolute Gasteiger partial charge is 0.303 e. The van der Waals surface area contributed by atoms with Crippen molar-refractivity contribution in [1.82, 2.24) is 19.7 Å². The van der Waals surface area contributed by atoms with E-state index in [1.165, 1.54) is 0 Å². The predicted molar refractivity (Wildman–Crippen MR) is 96.3 cm³/mol. The maximum absolute atomic E-state index is 10.7. The molecule has 0 aliphatic carbocycles. The summed E-state index contributed by atoms with van der Waals surface area (Å²) in [5.74, 6) is 0.503. The van der Waals surface area contributed by atoms with Crippen molar-refractivity contribution in [1.29, 1.82) is 5.41 Å². The fourth-order valence-corrected chi connectivity index (χ4v) is 2.55. The average Bonchev–Trinajstić information content (AvgIpc) is 3.01. The minimum atomic E-state index is -0.850. The lowest BCUT2D eigenvalue weighted by Crippen LogP contribution is -2.10. The van der Waals surface area contributed by atoms with E-state index in [9.17, 15) is 4.79 Å². The highest BCUT2D eigenvalue weighted by Crippen LogP contribution is 2.18. The molecule has 0 radical (unpaired) electrons. The molecule has 8 heteroatoms. The van der Waals surface area contributed by atoms with Gasteiger partial charge in [-0.3, -0.25) is 14.8 Å². The van der Waals surface area contributed by atoms with Crippen molar-refractivity contribution >= 4 is 11.8 Å². The Morgan fingerprint density at radius 3 is 2.50 bits per heavy atom. The third-order valence-electron chi connectivity index (χ3n) is 3.92. The fraction of sp³-hybridized carbons (Fsp3) is 0.167. The van der Waals surface area contributed by atoms with E-state index in [0.29, 0.717) is 29.2 Å². The van der Waals surface area contributed by atoms with E-state index in [4.69, 9.17) is 16.2 Å². The molecule has 8 nitrogen and oxygen atoms in total. The van der Waals surface area contributed by atoms with E-state index in [-0.39, 0.29) is 12.3 Å². The first-order valence-electron chi connectivity index (χ1n) is 7.99. The average molecular weight is 350 g/mol. The molecule has 3 rings (SSSR count). The van der Waals surface area contributed by atoms with E-state index in [0.717, 1.165) is 11.4 Å². The number of aromatic nitrogens is 4. The highest BCUT2D eigenvalue weighted by molar-refractivity contribution is 5.95. The molecule has 0 atom stereocenters. The second-order valence-electron chi connectivity index (χ2n) is 5.81. The third kappa shape index (κ3) is 3.75. The van der Waals surface area contributed by atoms with Crippen molar-refractivity contribution in [3.05, 3.63) is 59.7 Å². The van der Waals surface area contributed by atoms with Crippen LogP contribution >= 0.6 is 0 Å². The maximum Gasteiger partial charge on any atom is 0.303 e. The number of nitrogens with zero attached hydrogens (tertiary/aromatic N) is 4. The van der Waals surface area contributed by atoms with Gasteiger partial charge in [-0.15, -0.1) is 10.2 Å². The molecule has 0 aliphatic heterocycles. The lowest BCUT2D eigenvalue weighted by molar-refractivity contribution is -0.136. The quantitative estimate of drug-likeness (QED) is 0.460. The number of aliphatic carboxylic acids is 1. The van der Waals surface area contributed by atoms with Crippen LogP contribution in [0.1, 0.15) is 23.5 Å². The van der Waals surface area contributed by atoms with Gasteiger partial charge in [0.2, 0.25) is 0 Å². The number of carbonyl (C=O) groups is 1. The molecule has 4 N–H and O–H groups in total. The predicted octanol–water partition coefficient (Wildman–Crippen LogP) is 1.94. The number of carboxylic acid groups (broad SMARTS) is 1. The molecule has 26 heavy (non-hydrogen) atoms. The number of nitrogens with two attached hydrogens (primary N) is 1. The summed E-state index contributed by atoms with van der Waals surface area (Å²) in [4.78, 5) is 15.1. The Morgan fingerprint density at radius 2 is 1.92 bits per heavy atom. The lowest BCUT2D eigenvalue weighted by Gasteiger charge is -2.05. The largest absolute Gasteiger partial charge is 0.481 e. The second-order valence-corrected chi connectivity index (χ2v) is 5.81. The van der Waals surface area contributed by atoms with Gasteiger partial charge in [0, 0.05) is 23.7 Å². The van der Waals surface area contributed by atoms with Crippen molar-refractivity contribution < 1.29 is 9.90 Å². The van der Waals surface area contributed by atoms with E-state index in [2.05, 4.69) is 15.2 Å². The molecule has 0 spiro atoms. The van der Waals surface area contributed by atoms with Crippen LogP contribution < -0.4 is 5.73 Å². The Balaban J connectivity index is 1.81. The summed E-state index contributed by atoms with van der Waals surface area (Å²) >= 11 is 0. The summed E-state index contributed by atoms with van der Waals surface area (Å²) in [7, 11) is 0. The minimum Gasteiger partial charge on any atom is -0.481 e. The standard InChI is InChI=1S/C18H18N6O2/c1-11-21-14(6-9-17(25)26)10-24(11)16-8-7-15(22-23-16)12-2-4-13(5-3-12)18(19)20/h2-5,7-8,10H,6,9H2,1H3,(H3,19,20)(H,25,26). The zero-order valence-electron chi connectivity index (χ0n) is 14.2. The van der Waals surface area contributed by atoms with E-state index < -0.39 is 5.97 Å². The summed E-state index contributed by atoms with van der Waals surface area (Å²) in [6, 6.07) is 10.9. The van der Waals surface area contributed by atoms with Crippen molar-refractivity contribution in [3.63, 3.8) is 0 Å². The fourth-order valence-electron chi connectivity index (χ4n) is 2.55. The summed E-state index contributed by atoms with van der Waals surface area (Å²) in [6.45, 7) is 1.83. The summed E-state index contributed by atoms with van der Waals surface area (Å²) in [5.41, 5.74) is 8.39. The first-order chi connectivity index (χ1) is 12.4. The van der Waals surface area contributed by atoms with Gasteiger partial charge in [-0.2, -0.15) is 0 Å². The topological polar surface area (TPSA) is 131 Å². The molecular weight excluding hydrogens is 332 g/mol. The number of imidazole rings is 1. The van der Waals surface area contributed by atoms with Crippen molar-refractivity contribution in [2.24, 2.45) is 5.73 Å². The number of nitrogens with one attached hydrogen (secondary N) is 1. The zero-order chi connectivity index (χ0) is 18.7. The molecule has 0 saturated carbocycles. The number of aryl methyl sites for hydroxylation is 2. The summed E-state index contributed by atoms with van der Waals surface area (Å²) in [6.07, 6.45) is 2.19. The van der Waals surface area contributed by atoms with Crippen LogP contribution in [0.25, 0.3) is 17.1 Å². The number of benzene rings is 1. The lowest BCUT2D eigenvalue weighted by atomic mass is 10.1. The number of carboxylic acids is 1. The Hall–Kier alpha value is -3.55. The normalized spacial score (nSPS) is 10.7. The second kappa shape index (κ2) is 7.14. The first-order valence-corrected chi connectivity index (χ1v) is 7.99. The Morgan fingerprint density at radius 1 is 1.19 bits per heavy atom. The monoisotopic (exact) mass is 350 g/mol. The van der Waals surface area contributed by atoms with E-state index in [1.54, 1.807) is 22.9 Å². The van der Waals surface area contributed by atoms with E-state index >= 15 is 0 Å².